The summed E-state index contributed by atoms with van der Waals surface area (Å²) in [6.45, 7) is 6.57. The van der Waals surface area contributed by atoms with Gasteiger partial charge in [-0.1, -0.05) is 5.17 Å². The van der Waals surface area contributed by atoms with Gasteiger partial charge in [0.1, 0.15) is 5.60 Å². The molecule has 0 aromatic heterocycles. The Morgan fingerprint density at radius 2 is 2.06 bits per heavy atom. The van der Waals surface area contributed by atoms with Crippen molar-refractivity contribution in [3.8, 4) is 0 Å². The number of amides is 1. The third-order valence-corrected chi connectivity index (χ3v) is 2.05. The smallest absolute Gasteiger partial charge is 0.441 e. The van der Waals surface area contributed by atoms with Crippen LogP contribution in [0.4, 0.5) is 4.79 Å². The zero-order chi connectivity index (χ0) is 12.2. The van der Waals surface area contributed by atoms with Crippen LogP contribution < -0.4 is 5.84 Å². The van der Waals surface area contributed by atoms with Crippen LogP contribution in [0.25, 0.3) is 0 Å². The molecule has 0 aromatic carbocycles. The molecule has 0 aromatic rings. The molecule has 6 nitrogen and oxygen atoms in total. The van der Waals surface area contributed by atoms with Gasteiger partial charge in [0.15, 0.2) is 0 Å². The number of rotatable bonds is 1. The first kappa shape index (κ1) is 13.2. The highest BCUT2D eigenvalue weighted by atomic mass is 16.7. The van der Waals surface area contributed by atoms with Crippen molar-refractivity contribution in [2.45, 2.75) is 45.6 Å². The molecule has 0 aliphatic carbocycles. The maximum Gasteiger partial charge on any atom is 0.441 e. The van der Waals surface area contributed by atoms with E-state index in [4.69, 9.17) is 15.4 Å². The summed E-state index contributed by atoms with van der Waals surface area (Å²) >= 11 is 0. The van der Waals surface area contributed by atoms with Gasteiger partial charge in [0.25, 0.3) is 0 Å². The molecule has 0 spiro atoms. The van der Waals surface area contributed by atoms with Crippen LogP contribution in [-0.2, 0) is 9.57 Å². The maximum atomic E-state index is 11.6. The molecule has 1 aliphatic rings. The van der Waals surface area contributed by atoms with Gasteiger partial charge in [0, 0.05) is 6.54 Å². The first-order valence-electron chi connectivity index (χ1n) is 5.58. The second-order valence-corrected chi connectivity index (χ2v) is 4.79. The Balaban J connectivity index is 2.48. The first-order chi connectivity index (χ1) is 7.40. The lowest BCUT2D eigenvalue weighted by Gasteiger charge is -2.30. The van der Waals surface area contributed by atoms with Crippen LogP contribution in [0.3, 0.4) is 0 Å². The van der Waals surface area contributed by atoms with Crippen LogP contribution in [0.5, 0.6) is 0 Å². The molecule has 2 N–H and O–H groups in total. The van der Waals surface area contributed by atoms with Crippen molar-refractivity contribution in [3.63, 3.8) is 0 Å². The number of carbonyl (C=O) groups is 1. The van der Waals surface area contributed by atoms with Gasteiger partial charge in [-0.2, -0.15) is 0 Å². The number of nitrogens with two attached hydrogens (primary N) is 1. The standard InChI is InChI=1S/C10H21N3O3/c1-10(2,3)16-9(14)13(11)12-7-5-4-6-8-15-12/h4-8,11H2,1-3H3. The molecule has 94 valence electrons. The number of carbonyl (C=O) groups excluding carboxylic acids is 1. The fourth-order valence-corrected chi connectivity index (χ4v) is 1.33. The third-order valence-electron chi connectivity index (χ3n) is 2.05. The van der Waals surface area contributed by atoms with Crippen molar-refractivity contribution in [2.24, 2.45) is 5.84 Å². The minimum absolute atomic E-state index is 0.555. The van der Waals surface area contributed by atoms with Crippen LogP contribution in [-0.4, -0.2) is 35.1 Å². The van der Waals surface area contributed by atoms with Crippen LogP contribution in [0.15, 0.2) is 0 Å². The number of nitrogens with zero attached hydrogens (tertiary/aromatic N) is 2. The lowest BCUT2D eigenvalue weighted by Crippen LogP contribution is -2.52. The lowest BCUT2D eigenvalue weighted by atomic mass is 10.2. The van der Waals surface area contributed by atoms with Gasteiger partial charge in [-0.15, -0.1) is 5.12 Å². The van der Waals surface area contributed by atoms with Crippen LogP contribution in [0, 0.1) is 0 Å². The van der Waals surface area contributed by atoms with E-state index in [1.54, 1.807) is 20.8 Å². The molecular formula is C10H21N3O3. The molecular weight excluding hydrogens is 210 g/mol. The number of hydrogen-bond acceptors (Lipinski definition) is 5. The quantitative estimate of drug-likeness (QED) is 0.420. The van der Waals surface area contributed by atoms with Gasteiger partial charge in [0.2, 0.25) is 0 Å². The summed E-state index contributed by atoms with van der Waals surface area (Å²) < 4.78 is 5.13. The van der Waals surface area contributed by atoms with E-state index in [0.29, 0.717) is 13.2 Å². The zero-order valence-corrected chi connectivity index (χ0v) is 10.2. The zero-order valence-electron chi connectivity index (χ0n) is 10.2. The van der Waals surface area contributed by atoms with Gasteiger partial charge >= 0.3 is 6.09 Å². The average Bonchev–Trinajstić information content (AvgIpc) is 2.41. The second kappa shape index (κ2) is 5.47. The summed E-state index contributed by atoms with van der Waals surface area (Å²) in [5, 5.41) is 2.26. The average molecular weight is 231 g/mol. The van der Waals surface area contributed by atoms with Crippen molar-refractivity contribution in [3.05, 3.63) is 0 Å². The molecule has 1 amide bonds. The van der Waals surface area contributed by atoms with Crippen molar-refractivity contribution < 1.29 is 14.4 Å². The highest BCUT2D eigenvalue weighted by Gasteiger charge is 2.25. The normalized spacial score (nSPS) is 19.0. The van der Waals surface area contributed by atoms with Crippen LogP contribution >= 0.6 is 0 Å². The fourth-order valence-electron chi connectivity index (χ4n) is 1.33. The van der Waals surface area contributed by atoms with E-state index < -0.39 is 11.7 Å². The van der Waals surface area contributed by atoms with Gasteiger partial charge < -0.3 is 4.74 Å². The Morgan fingerprint density at radius 1 is 1.38 bits per heavy atom. The second-order valence-electron chi connectivity index (χ2n) is 4.79. The number of hydrazine groups is 2. The maximum absolute atomic E-state index is 11.6. The third kappa shape index (κ3) is 4.34. The summed E-state index contributed by atoms with van der Waals surface area (Å²) in [6, 6.07) is 0. The van der Waals surface area contributed by atoms with Crippen molar-refractivity contribution in [1.82, 2.24) is 10.3 Å². The molecule has 16 heavy (non-hydrogen) atoms. The van der Waals surface area contributed by atoms with E-state index in [1.165, 1.54) is 5.17 Å². The summed E-state index contributed by atoms with van der Waals surface area (Å²) in [5.74, 6) is 5.63. The molecule has 0 unspecified atom stereocenters. The van der Waals surface area contributed by atoms with E-state index >= 15 is 0 Å². The Kier molecular flexibility index (Phi) is 4.52. The largest absolute Gasteiger partial charge is 0.442 e. The van der Waals surface area contributed by atoms with E-state index in [0.717, 1.165) is 24.4 Å². The summed E-state index contributed by atoms with van der Waals surface area (Å²) in [5.41, 5.74) is -0.555. The van der Waals surface area contributed by atoms with Crippen LogP contribution in [0.2, 0.25) is 0 Å². The molecule has 1 aliphatic heterocycles. The van der Waals surface area contributed by atoms with Gasteiger partial charge in [-0.3, -0.25) is 4.84 Å². The fraction of sp³-hybridized carbons (Fsp3) is 0.900. The molecule has 0 saturated carbocycles. The monoisotopic (exact) mass is 231 g/mol. The predicted molar refractivity (Wildman–Crippen MR) is 58.8 cm³/mol. The Labute approximate surface area is 96.2 Å². The van der Waals surface area contributed by atoms with Crippen molar-refractivity contribution in [2.75, 3.05) is 13.2 Å². The lowest BCUT2D eigenvalue weighted by molar-refractivity contribution is -0.267. The molecule has 0 bridgehead atoms. The molecule has 1 heterocycles. The van der Waals surface area contributed by atoms with Gasteiger partial charge in [-0.05, 0) is 40.0 Å². The number of ether oxygens (including phenoxy) is 1. The summed E-state index contributed by atoms with van der Waals surface area (Å²) in [6.07, 6.45) is 2.42. The molecule has 1 fully saturated rings. The van der Waals surface area contributed by atoms with E-state index in [1.807, 2.05) is 0 Å². The minimum Gasteiger partial charge on any atom is -0.442 e. The van der Waals surface area contributed by atoms with Crippen LogP contribution in [0.1, 0.15) is 40.0 Å². The SMILES string of the molecule is CC(C)(C)OC(=O)N(N)N1CCCCCO1. The number of hydroxylamine groups is 1. The number of hydrogen-bond donors (Lipinski definition) is 1. The molecule has 1 rings (SSSR count). The summed E-state index contributed by atoms with van der Waals surface area (Å²) in [4.78, 5) is 17.0. The van der Waals surface area contributed by atoms with E-state index in [-0.39, 0.29) is 0 Å². The highest BCUT2D eigenvalue weighted by Crippen LogP contribution is 2.12. The first-order valence-corrected chi connectivity index (χ1v) is 5.58. The van der Waals surface area contributed by atoms with Gasteiger partial charge in [-0.25, -0.2) is 10.6 Å². The molecule has 6 heteroatoms. The Hall–Kier alpha value is -0.850. The topological polar surface area (TPSA) is 68.0 Å². The van der Waals surface area contributed by atoms with E-state index in [9.17, 15) is 4.79 Å². The predicted octanol–water partition coefficient (Wildman–Crippen LogP) is 1.43. The molecule has 0 atom stereocenters. The summed E-state index contributed by atoms with van der Waals surface area (Å²) in [7, 11) is 0. The Bertz CT molecular complexity index is 232. The van der Waals surface area contributed by atoms with E-state index in [2.05, 4.69) is 0 Å². The van der Waals surface area contributed by atoms with Crippen molar-refractivity contribution >= 4 is 6.09 Å². The highest BCUT2D eigenvalue weighted by molar-refractivity contribution is 5.66. The molecule has 0 radical (unpaired) electrons. The molecule has 1 saturated heterocycles. The van der Waals surface area contributed by atoms with Crippen molar-refractivity contribution in [1.29, 1.82) is 0 Å². The minimum atomic E-state index is -0.602. The Morgan fingerprint density at radius 3 is 2.69 bits per heavy atom. The van der Waals surface area contributed by atoms with Gasteiger partial charge in [0.05, 0.1) is 6.61 Å².